The minimum Gasteiger partial charge on any atom is -0.316 e. The van der Waals surface area contributed by atoms with Gasteiger partial charge in [0.15, 0.2) is 5.13 Å². The highest BCUT2D eigenvalue weighted by molar-refractivity contribution is 7.14. The number of anilines is 2. The summed E-state index contributed by atoms with van der Waals surface area (Å²) >= 11 is 1.52. The molecule has 0 saturated carbocycles. The van der Waals surface area contributed by atoms with Crippen molar-refractivity contribution in [1.82, 2.24) is 19.9 Å². The van der Waals surface area contributed by atoms with Crippen molar-refractivity contribution >= 4 is 34.7 Å². The Morgan fingerprint density at radius 2 is 1.91 bits per heavy atom. The summed E-state index contributed by atoms with van der Waals surface area (Å²) in [5, 5.41) is 5.95. The SMILES string of the molecule is CC(C)c1ccc(Nc2nc(-c3cnccn3)cs2)nc1.Cl. The van der Waals surface area contributed by atoms with Crippen molar-refractivity contribution < 1.29 is 0 Å². The number of nitrogens with one attached hydrogen (secondary N) is 1. The van der Waals surface area contributed by atoms with E-state index in [1.165, 1.54) is 16.9 Å². The number of aromatic nitrogens is 4. The average Bonchev–Trinajstić information content (AvgIpc) is 2.97. The van der Waals surface area contributed by atoms with E-state index in [0.717, 1.165) is 22.3 Å². The van der Waals surface area contributed by atoms with Crippen molar-refractivity contribution in [3.05, 3.63) is 47.9 Å². The van der Waals surface area contributed by atoms with Crippen LogP contribution in [-0.4, -0.2) is 19.9 Å². The van der Waals surface area contributed by atoms with Crippen LogP contribution in [0, 0.1) is 0 Å². The van der Waals surface area contributed by atoms with Gasteiger partial charge in [0.2, 0.25) is 0 Å². The summed E-state index contributed by atoms with van der Waals surface area (Å²) in [5.74, 6) is 1.27. The number of pyridine rings is 1. The Labute approximate surface area is 139 Å². The summed E-state index contributed by atoms with van der Waals surface area (Å²) in [6, 6.07) is 4.05. The molecule has 0 bridgehead atoms. The maximum Gasteiger partial charge on any atom is 0.188 e. The van der Waals surface area contributed by atoms with Crippen LogP contribution in [0.15, 0.2) is 42.3 Å². The molecular formula is C15H16ClN5S. The molecule has 22 heavy (non-hydrogen) atoms. The Morgan fingerprint density at radius 1 is 1.05 bits per heavy atom. The molecule has 0 radical (unpaired) electrons. The fourth-order valence-electron chi connectivity index (χ4n) is 1.81. The van der Waals surface area contributed by atoms with Gasteiger partial charge in [0.1, 0.15) is 17.2 Å². The number of hydrogen-bond donors (Lipinski definition) is 1. The Bertz CT molecular complexity index is 712. The normalized spacial score (nSPS) is 10.3. The van der Waals surface area contributed by atoms with Gasteiger partial charge in [-0.15, -0.1) is 23.7 Å². The zero-order valence-electron chi connectivity index (χ0n) is 12.2. The first-order valence-corrected chi connectivity index (χ1v) is 7.55. The topological polar surface area (TPSA) is 63.6 Å². The lowest BCUT2D eigenvalue weighted by Crippen LogP contribution is -1.95. The van der Waals surface area contributed by atoms with E-state index >= 15 is 0 Å². The molecule has 0 atom stereocenters. The molecule has 0 aliphatic heterocycles. The van der Waals surface area contributed by atoms with E-state index in [1.54, 1.807) is 18.6 Å². The van der Waals surface area contributed by atoms with Crippen LogP contribution in [0.25, 0.3) is 11.4 Å². The molecule has 7 heteroatoms. The van der Waals surface area contributed by atoms with Gasteiger partial charge in [-0.25, -0.2) is 9.97 Å². The van der Waals surface area contributed by atoms with Crippen LogP contribution in [0.5, 0.6) is 0 Å². The summed E-state index contributed by atoms with van der Waals surface area (Å²) in [7, 11) is 0. The third kappa shape index (κ3) is 3.78. The zero-order valence-corrected chi connectivity index (χ0v) is 13.9. The lowest BCUT2D eigenvalue weighted by Gasteiger charge is -2.06. The molecule has 114 valence electrons. The van der Waals surface area contributed by atoms with Crippen molar-refractivity contribution in [2.24, 2.45) is 0 Å². The van der Waals surface area contributed by atoms with E-state index in [0.29, 0.717) is 5.92 Å². The van der Waals surface area contributed by atoms with Crippen molar-refractivity contribution in [3.8, 4) is 11.4 Å². The number of thiazole rings is 1. The molecule has 3 heterocycles. The van der Waals surface area contributed by atoms with Gasteiger partial charge in [0, 0.05) is 24.0 Å². The standard InChI is InChI=1S/C15H15N5S.ClH/c1-10(2)11-3-4-14(18-7-11)20-15-19-13(9-21-15)12-8-16-5-6-17-12;/h3-10H,1-2H3,(H,18,19,20);1H. The number of rotatable bonds is 4. The minimum atomic E-state index is 0. The molecule has 3 aromatic rings. The van der Waals surface area contributed by atoms with Crippen LogP contribution >= 0.6 is 23.7 Å². The predicted octanol–water partition coefficient (Wildman–Crippen LogP) is 4.28. The Morgan fingerprint density at radius 3 is 2.55 bits per heavy atom. The molecular weight excluding hydrogens is 318 g/mol. The van der Waals surface area contributed by atoms with Crippen molar-refractivity contribution in [3.63, 3.8) is 0 Å². The molecule has 0 aromatic carbocycles. The summed E-state index contributed by atoms with van der Waals surface area (Å²) in [5.41, 5.74) is 2.80. The van der Waals surface area contributed by atoms with E-state index in [-0.39, 0.29) is 12.4 Å². The zero-order chi connectivity index (χ0) is 14.7. The molecule has 3 aromatic heterocycles. The third-order valence-corrected chi connectivity index (χ3v) is 3.78. The maximum atomic E-state index is 4.50. The molecule has 3 rings (SSSR count). The van der Waals surface area contributed by atoms with Crippen LogP contribution < -0.4 is 5.32 Å². The fourth-order valence-corrected chi connectivity index (χ4v) is 2.52. The van der Waals surface area contributed by atoms with Crippen LogP contribution in [-0.2, 0) is 0 Å². The van der Waals surface area contributed by atoms with Crippen molar-refractivity contribution in [1.29, 1.82) is 0 Å². The van der Waals surface area contributed by atoms with Crippen molar-refractivity contribution in [2.45, 2.75) is 19.8 Å². The maximum absolute atomic E-state index is 4.50. The molecule has 0 aliphatic carbocycles. The molecule has 0 spiro atoms. The Hall–Kier alpha value is -2.05. The smallest absolute Gasteiger partial charge is 0.188 e. The van der Waals surface area contributed by atoms with Crippen LogP contribution in [0.3, 0.4) is 0 Å². The highest BCUT2D eigenvalue weighted by atomic mass is 35.5. The molecule has 0 fully saturated rings. The van der Waals surface area contributed by atoms with Crippen LogP contribution in [0.2, 0.25) is 0 Å². The first-order chi connectivity index (χ1) is 10.2. The Kier molecular flexibility index (Phi) is 5.41. The lowest BCUT2D eigenvalue weighted by molar-refractivity contribution is 0.859. The number of halogens is 1. The van der Waals surface area contributed by atoms with Gasteiger partial charge in [0.05, 0.1) is 6.20 Å². The molecule has 0 saturated heterocycles. The second-order valence-corrected chi connectivity index (χ2v) is 5.74. The summed E-state index contributed by atoms with van der Waals surface area (Å²) in [6.45, 7) is 4.30. The van der Waals surface area contributed by atoms with Gasteiger partial charge < -0.3 is 5.32 Å². The van der Waals surface area contributed by atoms with Gasteiger partial charge >= 0.3 is 0 Å². The highest BCUT2D eigenvalue weighted by Crippen LogP contribution is 2.25. The van der Waals surface area contributed by atoms with Gasteiger partial charge in [-0.3, -0.25) is 9.97 Å². The molecule has 1 N–H and O–H groups in total. The first-order valence-electron chi connectivity index (χ1n) is 6.67. The number of nitrogens with zero attached hydrogens (tertiary/aromatic N) is 4. The average molecular weight is 334 g/mol. The van der Waals surface area contributed by atoms with Gasteiger partial charge in [-0.2, -0.15) is 0 Å². The predicted molar refractivity (Wildman–Crippen MR) is 92.0 cm³/mol. The third-order valence-electron chi connectivity index (χ3n) is 3.02. The van der Waals surface area contributed by atoms with E-state index in [9.17, 15) is 0 Å². The van der Waals surface area contributed by atoms with Crippen LogP contribution in [0.1, 0.15) is 25.3 Å². The van der Waals surface area contributed by atoms with Crippen LogP contribution in [0.4, 0.5) is 10.9 Å². The van der Waals surface area contributed by atoms with Gasteiger partial charge in [0.25, 0.3) is 0 Å². The summed E-state index contributed by atoms with van der Waals surface area (Å²) in [6.07, 6.45) is 6.90. The second-order valence-electron chi connectivity index (χ2n) is 4.89. The van der Waals surface area contributed by atoms with Gasteiger partial charge in [-0.1, -0.05) is 19.9 Å². The quantitative estimate of drug-likeness (QED) is 0.771. The molecule has 0 unspecified atom stereocenters. The van der Waals surface area contributed by atoms with E-state index in [4.69, 9.17) is 0 Å². The summed E-state index contributed by atoms with van der Waals surface area (Å²) < 4.78 is 0. The van der Waals surface area contributed by atoms with Gasteiger partial charge in [-0.05, 0) is 17.5 Å². The van der Waals surface area contributed by atoms with E-state index in [1.807, 2.05) is 17.6 Å². The summed E-state index contributed by atoms with van der Waals surface area (Å²) in [4.78, 5) is 17.2. The lowest BCUT2D eigenvalue weighted by atomic mass is 10.1. The fraction of sp³-hybridized carbons (Fsp3) is 0.200. The van der Waals surface area contributed by atoms with E-state index < -0.39 is 0 Å². The first kappa shape index (κ1) is 16.3. The Balaban J connectivity index is 0.00000176. The number of hydrogen-bond acceptors (Lipinski definition) is 6. The molecule has 5 nitrogen and oxygen atoms in total. The largest absolute Gasteiger partial charge is 0.316 e. The second kappa shape index (κ2) is 7.29. The monoisotopic (exact) mass is 333 g/mol. The molecule has 0 amide bonds. The minimum absolute atomic E-state index is 0. The van der Waals surface area contributed by atoms with E-state index in [2.05, 4.69) is 45.2 Å². The highest BCUT2D eigenvalue weighted by Gasteiger charge is 2.07. The molecule has 0 aliphatic rings. The van der Waals surface area contributed by atoms with Crippen molar-refractivity contribution in [2.75, 3.05) is 5.32 Å².